The van der Waals surface area contributed by atoms with Gasteiger partial charge in [-0.2, -0.15) is 0 Å². The lowest BCUT2D eigenvalue weighted by Crippen LogP contribution is -2.51. The molecule has 3 heterocycles. The number of piperidine rings is 1. The lowest BCUT2D eigenvalue weighted by molar-refractivity contribution is -0.134. The summed E-state index contributed by atoms with van der Waals surface area (Å²) in [7, 11) is 0. The summed E-state index contributed by atoms with van der Waals surface area (Å²) in [6, 6.07) is 18.8. The minimum Gasteiger partial charge on any atom is -0.451 e. The van der Waals surface area contributed by atoms with Gasteiger partial charge in [0.1, 0.15) is 17.4 Å². The highest BCUT2D eigenvalue weighted by molar-refractivity contribution is 6.30. The van der Waals surface area contributed by atoms with Crippen LogP contribution in [-0.2, 0) is 22.6 Å². The Labute approximate surface area is 264 Å². The first-order chi connectivity index (χ1) is 21.7. The van der Waals surface area contributed by atoms with Gasteiger partial charge in [0.25, 0.3) is 5.91 Å². The molecular formula is C35H33ClFN3O5. The molecule has 0 saturated carbocycles. The van der Waals surface area contributed by atoms with Crippen LogP contribution < -0.4 is 10.7 Å². The smallest absolute Gasteiger partial charge is 0.287 e. The van der Waals surface area contributed by atoms with E-state index in [9.17, 15) is 23.6 Å². The number of likely N-dealkylation sites (tertiary alicyclic amines) is 2. The van der Waals surface area contributed by atoms with Gasteiger partial charge in [0, 0.05) is 56.2 Å². The van der Waals surface area contributed by atoms with Crippen molar-refractivity contribution in [3.63, 3.8) is 0 Å². The van der Waals surface area contributed by atoms with Crippen LogP contribution in [-0.4, -0.2) is 53.2 Å². The Morgan fingerprint density at radius 1 is 0.978 bits per heavy atom. The molecule has 1 aromatic heterocycles. The van der Waals surface area contributed by atoms with Crippen molar-refractivity contribution in [2.75, 3.05) is 19.6 Å². The van der Waals surface area contributed by atoms with Gasteiger partial charge in [-0.3, -0.25) is 19.2 Å². The summed E-state index contributed by atoms with van der Waals surface area (Å²) in [5.74, 6) is -1.48. The van der Waals surface area contributed by atoms with Gasteiger partial charge in [0.15, 0.2) is 11.2 Å². The van der Waals surface area contributed by atoms with Gasteiger partial charge >= 0.3 is 0 Å². The summed E-state index contributed by atoms with van der Waals surface area (Å²) in [6.07, 6.45) is 3.16. The van der Waals surface area contributed by atoms with E-state index in [0.717, 1.165) is 55.1 Å². The zero-order valence-corrected chi connectivity index (χ0v) is 25.4. The Bertz CT molecular complexity index is 1800. The fourth-order valence-corrected chi connectivity index (χ4v) is 6.44. The van der Waals surface area contributed by atoms with E-state index >= 15 is 0 Å². The van der Waals surface area contributed by atoms with E-state index in [4.69, 9.17) is 16.0 Å². The second-order valence-electron chi connectivity index (χ2n) is 11.7. The van der Waals surface area contributed by atoms with Crippen molar-refractivity contribution >= 4 is 40.3 Å². The highest BCUT2D eigenvalue weighted by Gasteiger charge is 2.32. The van der Waals surface area contributed by atoms with Crippen molar-refractivity contribution in [2.45, 2.75) is 50.6 Å². The number of hydrogen-bond donors (Lipinski definition) is 1. The number of rotatable bonds is 8. The highest BCUT2D eigenvalue weighted by atomic mass is 35.5. The number of nitrogens with one attached hydrogen (secondary N) is 1. The Balaban J connectivity index is 1.18. The van der Waals surface area contributed by atoms with Crippen LogP contribution in [0.1, 0.15) is 58.8 Å². The number of carbonyl (C=O) groups is 3. The molecule has 232 valence electrons. The van der Waals surface area contributed by atoms with E-state index in [0.29, 0.717) is 31.1 Å². The maximum absolute atomic E-state index is 13.9. The van der Waals surface area contributed by atoms with Crippen LogP contribution in [0, 0.1) is 5.82 Å². The molecule has 3 amide bonds. The van der Waals surface area contributed by atoms with E-state index in [2.05, 4.69) is 17.4 Å². The maximum Gasteiger partial charge on any atom is 0.287 e. The average Bonchev–Trinajstić information content (AvgIpc) is 3.45. The van der Waals surface area contributed by atoms with Crippen molar-refractivity contribution in [2.24, 2.45) is 0 Å². The fourth-order valence-electron chi connectivity index (χ4n) is 6.31. The molecule has 4 aromatic rings. The van der Waals surface area contributed by atoms with Crippen LogP contribution in [0.15, 0.2) is 82.0 Å². The van der Waals surface area contributed by atoms with E-state index < -0.39 is 23.2 Å². The lowest BCUT2D eigenvalue weighted by Gasteiger charge is -2.35. The van der Waals surface area contributed by atoms with Gasteiger partial charge in [-0.25, -0.2) is 4.39 Å². The largest absolute Gasteiger partial charge is 0.451 e. The van der Waals surface area contributed by atoms with E-state index in [-0.39, 0.29) is 40.9 Å². The molecule has 1 atom stereocenters. The summed E-state index contributed by atoms with van der Waals surface area (Å²) in [5, 5.41) is 3.47. The van der Waals surface area contributed by atoms with Crippen LogP contribution in [0.25, 0.3) is 11.0 Å². The molecule has 6 rings (SSSR count). The van der Waals surface area contributed by atoms with E-state index in [1.165, 1.54) is 11.6 Å². The van der Waals surface area contributed by atoms with Crippen molar-refractivity contribution in [3.05, 3.63) is 116 Å². The number of amides is 3. The second kappa shape index (κ2) is 13.2. The number of fused-ring (bicyclic) bond motifs is 1. The van der Waals surface area contributed by atoms with Crippen LogP contribution >= 0.6 is 11.6 Å². The molecule has 3 aromatic carbocycles. The van der Waals surface area contributed by atoms with Crippen LogP contribution in [0.2, 0.25) is 5.02 Å². The zero-order valence-electron chi connectivity index (χ0n) is 24.6. The first kappa shape index (κ1) is 30.5. The number of hydrogen-bond acceptors (Lipinski definition) is 5. The molecule has 0 unspecified atom stereocenters. The van der Waals surface area contributed by atoms with Crippen LogP contribution in [0.4, 0.5) is 4.39 Å². The van der Waals surface area contributed by atoms with Crippen LogP contribution in [0.3, 0.4) is 0 Å². The SMILES string of the molecule is O=C(N[C@@H](Cc1ccc(Cl)cc1)C(=O)N1CCC(c2ccccc2CN2CCCC2=O)CC1)c1cc(=O)c2ccc(F)cc2o1. The third-order valence-electron chi connectivity index (χ3n) is 8.71. The lowest BCUT2D eigenvalue weighted by atomic mass is 9.86. The molecule has 2 saturated heterocycles. The third-order valence-corrected chi connectivity index (χ3v) is 8.96. The molecule has 0 spiro atoms. The van der Waals surface area contributed by atoms with E-state index in [1.54, 1.807) is 29.2 Å². The predicted molar refractivity (Wildman–Crippen MR) is 169 cm³/mol. The van der Waals surface area contributed by atoms with Crippen molar-refractivity contribution in [3.8, 4) is 0 Å². The summed E-state index contributed by atoms with van der Waals surface area (Å²) < 4.78 is 19.4. The van der Waals surface area contributed by atoms with Gasteiger partial charge in [0.05, 0.1) is 5.39 Å². The summed E-state index contributed by atoms with van der Waals surface area (Å²) >= 11 is 6.07. The number of halogens is 2. The van der Waals surface area contributed by atoms with E-state index in [1.807, 2.05) is 17.0 Å². The standard InChI is InChI=1S/C35H33ClFN3O5/c36-25-9-7-22(8-10-25)18-29(38-34(43)32-20-30(41)28-12-11-26(37)19-31(28)45-32)35(44)39-16-13-23(14-17-39)27-5-2-1-4-24(27)21-40-15-3-6-33(40)42/h1-2,4-5,7-12,19-20,23,29H,3,6,13-18,21H2,(H,38,43)/t29-/m0/s1. The minimum atomic E-state index is -0.947. The maximum atomic E-state index is 13.9. The number of carbonyl (C=O) groups excluding carboxylic acids is 3. The highest BCUT2D eigenvalue weighted by Crippen LogP contribution is 2.32. The molecular weight excluding hydrogens is 597 g/mol. The first-order valence-corrected chi connectivity index (χ1v) is 15.6. The molecule has 1 N–H and O–H groups in total. The van der Waals surface area contributed by atoms with Crippen molar-refractivity contribution < 1.29 is 23.2 Å². The second-order valence-corrected chi connectivity index (χ2v) is 12.1. The Morgan fingerprint density at radius 3 is 2.47 bits per heavy atom. The van der Waals surface area contributed by atoms with Gasteiger partial charge in [-0.05, 0) is 66.1 Å². The molecule has 8 nitrogen and oxygen atoms in total. The molecule has 0 bridgehead atoms. The molecule has 2 fully saturated rings. The average molecular weight is 630 g/mol. The summed E-state index contributed by atoms with van der Waals surface area (Å²) in [5.41, 5.74) is 2.60. The number of nitrogens with zero attached hydrogens (tertiary/aromatic N) is 2. The Morgan fingerprint density at radius 2 is 1.73 bits per heavy atom. The molecule has 45 heavy (non-hydrogen) atoms. The third kappa shape index (κ3) is 6.93. The molecule has 0 aliphatic carbocycles. The Hall–Kier alpha value is -4.50. The molecule has 10 heteroatoms. The van der Waals surface area contributed by atoms with Crippen molar-refractivity contribution in [1.82, 2.24) is 15.1 Å². The fraction of sp³-hybridized carbons (Fsp3) is 0.314. The normalized spacial score (nSPS) is 16.3. The van der Waals surface area contributed by atoms with Crippen molar-refractivity contribution in [1.29, 1.82) is 0 Å². The summed E-state index contributed by atoms with van der Waals surface area (Å²) in [6.45, 7) is 2.37. The minimum absolute atomic E-state index is 0.0512. The van der Waals surface area contributed by atoms with Gasteiger partial charge in [-0.15, -0.1) is 0 Å². The molecule has 2 aliphatic rings. The van der Waals surface area contributed by atoms with Gasteiger partial charge in [0.2, 0.25) is 11.8 Å². The molecule has 2 aliphatic heterocycles. The topological polar surface area (TPSA) is 99.9 Å². The zero-order chi connectivity index (χ0) is 31.5. The first-order valence-electron chi connectivity index (χ1n) is 15.2. The van der Waals surface area contributed by atoms with Gasteiger partial charge in [-0.1, -0.05) is 48.0 Å². The van der Waals surface area contributed by atoms with Crippen LogP contribution in [0.5, 0.6) is 0 Å². The molecule has 0 radical (unpaired) electrons. The Kier molecular flexibility index (Phi) is 8.98. The summed E-state index contributed by atoms with van der Waals surface area (Å²) in [4.78, 5) is 55.8. The van der Waals surface area contributed by atoms with Gasteiger partial charge < -0.3 is 19.5 Å². The predicted octanol–water partition coefficient (Wildman–Crippen LogP) is 5.46. The monoisotopic (exact) mass is 629 g/mol. The quantitative estimate of drug-likeness (QED) is 0.279. The number of benzene rings is 3.